The summed E-state index contributed by atoms with van der Waals surface area (Å²) in [6, 6.07) is 7.27. The van der Waals surface area contributed by atoms with Gasteiger partial charge in [-0.05, 0) is 36.5 Å². The predicted molar refractivity (Wildman–Crippen MR) is 89.5 cm³/mol. The van der Waals surface area contributed by atoms with Crippen LogP contribution in [0.3, 0.4) is 0 Å². The van der Waals surface area contributed by atoms with Gasteiger partial charge in [0.15, 0.2) is 6.61 Å². The molecule has 0 radical (unpaired) electrons. The zero-order chi connectivity index (χ0) is 20.4. The molecule has 0 bridgehead atoms. The lowest BCUT2D eigenvalue weighted by Gasteiger charge is -2.15. The highest BCUT2D eigenvalue weighted by molar-refractivity contribution is 5.55. The molecule has 0 unspecified atom stereocenters. The first-order chi connectivity index (χ1) is 13.1. The number of ether oxygens (including phenoxy) is 1. The number of halogens is 6. The summed E-state index contributed by atoms with van der Waals surface area (Å²) in [4.78, 5) is 7.07. The number of aromatic nitrogens is 2. The molecule has 0 spiro atoms. The molecule has 1 aliphatic rings. The van der Waals surface area contributed by atoms with Crippen LogP contribution in [0.4, 0.5) is 38.0 Å². The van der Waals surface area contributed by atoms with E-state index in [2.05, 4.69) is 20.0 Å². The smallest absolute Gasteiger partial charge is 0.423 e. The molecule has 1 aliphatic carbocycles. The summed E-state index contributed by atoms with van der Waals surface area (Å²) in [5, 5.41) is 2.73. The molecule has 152 valence electrons. The minimum atomic E-state index is -4.94. The number of benzene rings is 1. The molecular formula is C18H17F6N3O. The number of hydrogen-bond donors (Lipinski definition) is 1. The standard InChI is InChI=1S/C18H17F6N3O/c19-17(20,21)10-28-15-14(18(22,23)24)9-25-16(27-15)26-13-7-3-6-12(8-13)11-4-1-2-5-11/h3,6-9,11H,1-2,4-5,10H2,(H,25,26,27). The van der Waals surface area contributed by atoms with Crippen molar-refractivity contribution in [1.82, 2.24) is 9.97 Å². The fraction of sp³-hybridized carbons (Fsp3) is 0.444. The Hall–Kier alpha value is -2.52. The van der Waals surface area contributed by atoms with E-state index in [0.717, 1.165) is 31.2 Å². The molecule has 1 aromatic heterocycles. The Morgan fingerprint density at radius 1 is 1.07 bits per heavy atom. The van der Waals surface area contributed by atoms with Crippen LogP contribution >= 0.6 is 0 Å². The molecule has 1 fully saturated rings. The number of alkyl halides is 6. The number of rotatable bonds is 5. The van der Waals surface area contributed by atoms with Crippen molar-refractivity contribution in [2.75, 3.05) is 11.9 Å². The molecule has 1 N–H and O–H groups in total. The van der Waals surface area contributed by atoms with E-state index in [1.165, 1.54) is 0 Å². The van der Waals surface area contributed by atoms with Crippen molar-refractivity contribution in [3.8, 4) is 5.88 Å². The van der Waals surface area contributed by atoms with Gasteiger partial charge in [-0.1, -0.05) is 25.0 Å². The van der Waals surface area contributed by atoms with E-state index in [0.29, 0.717) is 17.8 Å². The molecule has 28 heavy (non-hydrogen) atoms. The molecule has 3 rings (SSSR count). The summed E-state index contributed by atoms with van der Waals surface area (Å²) in [7, 11) is 0. The molecule has 1 saturated carbocycles. The van der Waals surface area contributed by atoms with Gasteiger partial charge in [0.2, 0.25) is 11.8 Å². The molecule has 10 heteroatoms. The van der Waals surface area contributed by atoms with E-state index in [4.69, 9.17) is 0 Å². The fourth-order valence-corrected chi connectivity index (χ4v) is 3.14. The predicted octanol–water partition coefficient (Wildman–Crippen LogP) is 5.84. The van der Waals surface area contributed by atoms with Crippen molar-refractivity contribution < 1.29 is 31.1 Å². The second-order valence-corrected chi connectivity index (χ2v) is 6.55. The first-order valence-electron chi connectivity index (χ1n) is 8.62. The van der Waals surface area contributed by atoms with E-state index >= 15 is 0 Å². The van der Waals surface area contributed by atoms with Gasteiger partial charge < -0.3 is 10.1 Å². The zero-order valence-corrected chi connectivity index (χ0v) is 14.6. The molecule has 1 heterocycles. The van der Waals surface area contributed by atoms with Crippen molar-refractivity contribution >= 4 is 11.6 Å². The summed E-state index contributed by atoms with van der Waals surface area (Å²) in [6.45, 7) is -1.89. The molecule has 4 nitrogen and oxygen atoms in total. The number of hydrogen-bond acceptors (Lipinski definition) is 4. The van der Waals surface area contributed by atoms with Gasteiger partial charge in [-0.25, -0.2) is 4.98 Å². The lowest BCUT2D eigenvalue weighted by molar-refractivity contribution is -0.159. The average molecular weight is 405 g/mol. The quantitative estimate of drug-likeness (QED) is 0.635. The van der Waals surface area contributed by atoms with E-state index in [1.807, 2.05) is 12.1 Å². The maximum absolute atomic E-state index is 13.0. The summed E-state index contributed by atoms with van der Waals surface area (Å²) < 4.78 is 80.3. The number of nitrogens with one attached hydrogen (secondary N) is 1. The van der Waals surface area contributed by atoms with Crippen LogP contribution in [-0.2, 0) is 6.18 Å². The highest BCUT2D eigenvalue weighted by atomic mass is 19.4. The zero-order valence-electron chi connectivity index (χ0n) is 14.6. The Kier molecular flexibility index (Phi) is 5.66. The molecular weight excluding hydrogens is 388 g/mol. The molecule has 0 aliphatic heterocycles. The van der Waals surface area contributed by atoms with Gasteiger partial charge >= 0.3 is 12.4 Å². The van der Waals surface area contributed by atoms with Crippen molar-refractivity contribution in [2.24, 2.45) is 0 Å². The lowest BCUT2D eigenvalue weighted by atomic mass is 9.97. The summed E-state index contributed by atoms with van der Waals surface area (Å²) >= 11 is 0. The molecule has 0 saturated heterocycles. The van der Waals surface area contributed by atoms with Gasteiger partial charge in [0, 0.05) is 11.9 Å². The largest absolute Gasteiger partial charge is 0.467 e. The Bertz CT molecular complexity index is 816. The SMILES string of the molecule is FC(F)(F)COc1nc(Nc2cccc(C3CCCC3)c2)ncc1C(F)(F)F. The summed E-state index contributed by atoms with van der Waals surface area (Å²) in [5.41, 5.74) is 0.149. The second-order valence-electron chi connectivity index (χ2n) is 6.55. The van der Waals surface area contributed by atoms with E-state index < -0.39 is 30.4 Å². The summed E-state index contributed by atoms with van der Waals surface area (Å²) in [5.74, 6) is -1.04. The highest BCUT2D eigenvalue weighted by Gasteiger charge is 2.38. The molecule has 0 atom stereocenters. The van der Waals surface area contributed by atoms with E-state index in [9.17, 15) is 26.3 Å². The molecule has 1 aromatic carbocycles. The fourth-order valence-electron chi connectivity index (χ4n) is 3.14. The van der Waals surface area contributed by atoms with Gasteiger partial charge in [-0.3, -0.25) is 0 Å². The molecule has 2 aromatic rings. The number of nitrogens with zero attached hydrogens (tertiary/aromatic N) is 2. The van der Waals surface area contributed by atoms with Gasteiger partial charge in [0.25, 0.3) is 0 Å². The minimum Gasteiger partial charge on any atom is -0.467 e. The Labute approximate surface area is 156 Å². The third-order valence-electron chi connectivity index (χ3n) is 4.40. The average Bonchev–Trinajstić information content (AvgIpc) is 3.13. The van der Waals surface area contributed by atoms with Gasteiger partial charge in [0.1, 0.15) is 5.56 Å². The molecule has 0 amide bonds. The minimum absolute atomic E-state index is 0.284. The third-order valence-corrected chi connectivity index (χ3v) is 4.40. The van der Waals surface area contributed by atoms with Crippen LogP contribution in [0.1, 0.15) is 42.7 Å². The van der Waals surface area contributed by atoms with Crippen molar-refractivity contribution in [1.29, 1.82) is 0 Å². The normalized spacial score (nSPS) is 15.6. The summed E-state index contributed by atoms with van der Waals surface area (Å²) in [6.07, 6.45) is -4.92. The topological polar surface area (TPSA) is 47.0 Å². The Balaban J connectivity index is 1.83. The van der Waals surface area contributed by atoms with Crippen LogP contribution in [0.15, 0.2) is 30.5 Å². The van der Waals surface area contributed by atoms with Crippen molar-refractivity contribution in [2.45, 2.75) is 44.0 Å². The monoisotopic (exact) mass is 405 g/mol. The van der Waals surface area contributed by atoms with Gasteiger partial charge in [-0.2, -0.15) is 31.3 Å². The first-order valence-corrected chi connectivity index (χ1v) is 8.62. The Morgan fingerprint density at radius 2 is 1.79 bits per heavy atom. The maximum atomic E-state index is 13.0. The second kappa shape index (κ2) is 7.84. The van der Waals surface area contributed by atoms with Crippen LogP contribution in [0.25, 0.3) is 0 Å². The van der Waals surface area contributed by atoms with E-state index in [1.54, 1.807) is 12.1 Å². The van der Waals surface area contributed by atoms with Crippen LogP contribution in [0, 0.1) is 0 Å². The van der Waals surface area contributed by atoms with Crippen LogP contribution in [-0.4, -0.2) is 22.8 Å². The Morgan fingerprint density at radius 3 is 2.43 bits per heavy atom. The van der Waals surface area contributed by atoms with Crippen molar-refractivity contribution in [3.05, 3.63) is 41.6 Å². The van der Waals surface area contributed by atoms with Crippen LogP contribution in [0.2, 0.25) is 0 Å². The van der Waals surface area contributed by atoms with E-state index in [-0.39, 0.29) is 5.95 Å². The van der Waals surface area contributed by atoms with Crippen molar-refractivity contribution in [3.63, 3.8) is 0 Å². The lowest BCUT2D eigenvalue weighted by Crippen LogP contribution is -2.22. The van der Waals surface area contributed by atoms with Crippen LogP contribution in [0.5, 0.6) is 5.88 Å². The number of anilines is 2. The highest BCUT2D eigenvalue weighted by Crippen LogP contribution is 2.37. The first kappa shape index (κ1) is 20.2. The van der Waals surface area contributed by atoms with Crippen LogP contribution < -0.4 is 10.1 Å². The van der Waals surface area contributed by atoms with Gasteiger partial charge in [0.05, 0.1) is 0 Å². The third kappa shape index (κ3) is 5.26. The van der Waals surface area contributed by atoms with Gasteiger partial charge in [-0.15, -0.1) is 0 Å². The maximum Gasteiger partial charge on any atom is 0.423 e.